The van der Waals surface area contributed by atoms with E-state index in [9.17, 15) is 9.59 Å². The fourth-order valence-electron chi connectivity index (χ4n) is 1.06. The zero-order valence-electron chi connectivity index (χ0n) is 8.97. The van der Waals surface area contributed by atoms with E-state index in [2.05, 4.69) is 14.5 Å². The molecule has 84 valence electrons. The molecule has 5 heteroatoms. The Morgan fingerprint density at radius 2 is 2.06 bits per heavy atom. The molecule has 0 aliphatic carbocycles. The summed E-state index contributed by atoms with van der Waals surface area (Å²) >= 11 is 0. The highest BCUT2D eigenvalue weighted by molar-refractivity contribution is 5.95. The van der Waals surface area contributed by atoms with Gasteiger partial charge in [0.25, 0.3) is 0 Å². The predicted molar refractivity (Wildman–Crippen MR) is 56.6 cm³/mol. The minimum Gasteiger partial charge on any atom is -0.466 e. The minimum absolute atomic E-state index is 0.345. The summed E-state index contributed by atoms with van der Waals surface area (Å²) in [6.07, 6.45) is 5.60. The molecule has 0 aliphatic heterocycles. The summed E-state index contributed by atoms with van der Waals surface area (Å²) in [7, 11) is 2.56. The largest absolute Gasteiger partial charge is 0.466 e. The predicted octanol–water partition coefficient (Wildman–Crippen LogP) is 1.05. The highest BCUT2D eigenvalue weighted by Crippen LogP contribution is 2.10. The van der Waals surface area contributed by atoms with Crippen LogP contribution >= 0.6 is 0 Å². The summed E-state index contributed by atoms with van der Waals surface area (Å²) in [4.78, 5) is 26.1. The van der Waals surface area contributed by atoms with Gasteiger partial charge in [-0.2, -0.15) is 0 Å². The molecule has 16 heavy (non-hydrogen) atoms. The van der Waals surface area contributed by atoms with Crippen LogP contribution in [0.3, 0.4) is 0 Å². The highest BCUT2D eigenvalue weighted by atomic mass is 16.5. The molecule has 0 saturated heterocycles. The molecule has 0 spiro atoms. The van der Waals surface area contributed by atoms with Gasteiger partial charge < -0.3 is 9.47 Å². The number of hydrogen-bond donors (Lipinski definition) is 0. The summed E-state index contributed by atoms with van der Waals surface area (Å²) in [5.41, 5.74) is 0.845. The van der Waals surface area contributed by atoms with E-state index in [-0.39, 0.29) is 0 Å². The van der Waals surface area contributed by atoms with Crippen molar-refractivity contribution in [3.8, 4) is 0 Å². The van der Waals surface area contributed by atoms with Crippen LogP contribution in [0.2, 0.25) is 0 Å². The van der Waals surface area contributed by atoms with Crippen molar-refractivity contribution >= 4 is 18.0 Å². The molecule has 0 fully saturated rings. The molecule has 5 nitrogen and oxygen atoms in total. The van der Waals surface area contributed by atoms with Crippen molar-refractivity contribution in [2.75, 3.05) is 14.2 Å². The molecular weight excluding hydrogens is 210 g/mol. The smallest absolute Gasteiger partial charge is 0.338 e. The topological polar surface area (TPSA) is 65.5 Å². The maximum absolute atomic E-state index is 11.3. The van der Waals surface area contributed by atoms with Crippen LogP contribution in [0, 0.1) is 0 Å². The summed E-state index contributed by atoms with van der Waals surface area (Å²) in [6.45, 7) is 0. The lowest BCUT2D eigenvalue weighted by molar-refractivity contribution is -0.134. The number of ether oxygens (including phenoxy) is 2. The van der Waals surface area contributed by atoms with Crippen molar-refractivity contribution in [2.45, 2.75) is 0 Å². The summed E-state index contributed by atoms with van der Waals surface area (Å²) in [5.74, 6) is -0.980. The van der Waals surface area contributed by atoms with E-state index >= 15 is 0 Å². The molecule has 1 rings (SSSR count). The second-order valence-electron chi connectivity index (χ2n) is 2.81. The van der Waals surface area contributed by atoms with Crippen LogP contribution in [0.5, 0.6) is 0 Å². The lowest BCUT2D eigenvalue weighted by Gasteiger charge is -2.02. The van der Waals surface area contributed by atoms with Gasteiger partial charge in [0.1, 0.15) is 0 Å². The van der Waals surface area contributed by atoms with Crippen LogP contribution in [-0.4, -0.2) is 31.1 Å². The molecule has 1 heterocycles. The quantitative estimate of drug-likeness (QED) is 0.564. The molecule has 0 atom stereocenters. The first-order valence-electron chi connectivity index (χ1n) is 4.47. The number of pyridine rings is 1. The Morgan fingerprint density at radius 3 is 2.69 bits per heavy atom. The molecule has 0 amide bonds. The van der Waals surface area contributed by atoms with E-state index in [1.54, 1.807) is 0 Å². The van der Waals surface area contributed by atoms with Gasteiger partial charge in [-0.1, -0.05) is 0 Å². The van der Waals surface area contributed by atoms with E-state index in [1.165, 1.54) is 44.8 Å². The third kappa shape index (κ3) is 2.91. The average Bonchev–Trinajstić information content (AvgIpc) is 2.35. The SMILES string of the molecule is COC(=O)C=Cc1cnccc1C(=O)OC. The molecule has 0 saturated carbocycles. The van der Waals surface area contributed by atoms with Crippen molar-refractivity contribution in [2.24, 2.45) is 0 Å². The molecule has 1 aromatic heterocycles. The van der Waals surface area contributed by atoms with Gasteiger partial charge in [-0.05, 0) is 12.1 Å². The van der Waals surface area contributed by atoms with Gasteiger partial charge in [0.05, 0.1) is 19.8 Å². The molecular formula is C11H11NO4. The van der Waals surface area contributed by atoms with E-state index in [0.29, 0.717) is 11.1 Å². The van der Waals surface area contributed by atoms with Gasteiger partial charge in [-0.3, -0.25) is 4.98 Å². The Kier molecular flexibility index (Phi) is 4.20. The number of hydrogen-bond acceptors (Lipinski definition) is 5. The number of nitrogens with zero attached hydrogens (tertiary/aromatic N) is 1. The third-order valence-corrected chi connectivity index (χ3v) is 1.86. The summed E-state index contributed by atoms with van der Waals surface area (Å²) < 4.78 is 9.03. The van der Waals surface area contributed by atoms with Crippen molar-refractivity contribution in [3.05, 3.63) is 35.7 Å². The van der Waals surface area contributed by atoms with E-state index < -0.39 is 11.9 Å². The lowest BCUT2D eigenvalue weighted by Crippen LogP contribution is -2.04. The average molecular weight is 221 g/mol. The first-order valence-corrected chi connectivity index (χ1v) is 4.47. The molecule has 1 aromatic rings. The van der Waals surface area contributed by atoms with Gasteiger partial charge in [0.15, 0.2) is 0 Å². The lowest BCUT2D eigenvalue weighted by atomic mass is 10.1. The van der Waals surface area contributed by atoms with Crippen molar-refractivity contribution < 1.29 is 19.1 Å². The fraction of sp³-hybridized carbons (Fsp3) is 0.182. The van der Waals surface area contributed by atoms with Crippen LogP contribution in [-0.2, 0) is 14.3 Å². The van der Waals surface area contributed by atoms with Crippen molar-refractivity contribution in [1.82, 2.24) is 4.98 Å². The number of esters is 2. The Bertz CT molecular complexity index is 426. The number of methoxy groups -OCH3 is 2. The van der Waals surface area contributed by atoms with Gasteiger partial charge in [0, 0.05) is 24.0 Å². The van der Waals surface area contributed by atoms with E-state index in [4.69, 9.17) is 0 Å². The van der Waals surface area contributed by atoms with Crippen LogP contribution < -0.4 is 0 Å². The number of carbonyl (C=O) groups excluding carboxylic acids is 2. The first-order chi connectivity index (χ1) is 7.69. The molecule has 0 aromatic carbocycles. The fourth-order valence-corrected chi connectivity index (χ4v) is 1.06. The molecule has 0 N–H and O–H groups in total. The molecule has 0 aliphatic rings. The normalized spacial score (nSPS) is 10.1. The highest BCUT2D eigenvalue weighted by Gasteiger charge is 2.09. The second-order valence-corrected chi connectivity index (χ2v) is 2.81. The van der Waals surface area contributed by atoms with Gasteiger partial charge in [-0.25, -0.2) is 9.59 Å². The van der Waals surface area contributed by atoms with E-state index in [0.717, 1.165) is 0 Å². The zero-order valence-corrected chi connectivity index (χ0v) is 8.97. The van der Waals surface area contributed by atoms with E-state index in [1.807, 2.05) is 0 Å². The molecule has 0 bridgehead atoms. The Balaban J connectivity index is 3.00. The summed E-state index contributed by atoms with van der Waals surface area (Å²) in [6, 6.07) is 1.52. The first kappa shape index (κ1) is 11.9. The van der Waals surface area contributed by atoms with Crippen molar-refractivity contribution in [1.29, 1.82) is 0 Å². The number of rotatable bonds is 3. The standard InChI is InChI=1S/C11H11NO4/c1-15-10(13)4-3-8-7-12-6-5-9(8)11(14)16-2/h3-7H,1-2H3. The van der Waals surface area contributed by atoms with Crippen molar-refractivity contribution in [3.63, 3.8) is 0 Å². The van der Waals surface area contributed by atoms with Gasteiger partial charge >= 0.3 is 11.9 Å². The summed E-state index contributed by atoms with van der Waals surface area (Å²) in [5, 5.41) is 0. The van der Waals surface area contributed by atoms with Gasteiger partial charge in [0.2, 0.25) is 0 Å². The zero-order chi connectivity index (χ0) is 12.0. The monoisotopic (exact) mass is 221 g/mol. The van der Waals surface area contributed by atoms with Crippen LogP contribution in [0.25, 0.3) is 6.08 Å². The van der Waals surface area contributed by atoms with Crippen LogP contribution in [0.1, 0.15) is 15.9 Å². The molecule has 0 unspecified atom stereocenters. The minimum atomic E-state index is -0.500. The Morgan fingerprint density at radius 1 is 1.31 bits per heavy atom. The third-order valence-electron chi connectivity index (χ3n) is 1.86. The van der Waals surface area contributed by atoms with Crippen LogP contribution in [0.4, 0.5) is 0 Å². The Hall–Kier alpha value is -2.17. The number of aromatic nitrogens is 1. The van der Waals surface area contributed by atoms with Gasteiger partial charge in [-0.15, -0.1) is 0 Å². The Labute approximate surface area is 92.7 Å². The maximum Gasteiger partial charge on any atom is 0.338 e. The number of carbonyl (C=O) groups is 2. The molecule has 0 radical (unpaired) electrons. The second kappa shape index (κ2) is 5.65. The van der Waals surface area contributed by atoms with Crippen LogP contribution in [0.15, 0.2) is 24.5 Å². The maximum atomic E-state index is 11.3.